The summed E-state index contributed by atoms with van der Waals surface area (Å²) in [6, 6.07) is -1.20. The first-order valence-electron chi connectivity index (χ1n) is 7.51. The number of carbonyl (C=O) groups is 2. The molecule has 2 amide bonds. The van der Waals surface area contributed by atoms with Crippen LogP contribution in [0.4, 0.5) is 4.79 Å². The summed E-state index contributed by atoms with van der Waals surface area (Å²) in [5, 5.41) is 13.8. The summed E-state index contributed by atoms with van der Waals surface area (Å²) in [4.78, 5) is 24.8. The maximum atomic E-state index is 12.0. The summed E-state index contributed by atoms with van der Waals surface area (Å²) in [5.74, 6) is -0.797. The summed E-state index contributed by atoms with van der Waals surface area (Å²) >= 11 is 0. The van der Waals surface area contributed by atoms with Crippen LogP contribution in [0.1, 0.15) is 38.5 Å². The molecule has 0 spiro atoms. The standard InChI is InChI=1S/C14H24N2O4.Li/c17-13(18)12(10-11-4-2-1-3-5-11)15-14(19)16-6-8-20-9-7-16;/h11-12H,1-10H2,(H,15,19)(H,17,18);/q;+1/p-1/t12-;/m0./s1. The van der Waals surface area contributed by atoms with Gasteiger partial charge < -0.3 is 24.9 Å². The number of nitrogens with one attached hydrogen (secondary N) is 1. The predicted molar refractivity (Wildman–Crippen MR) is 70.9 cm³/mol. The fraction of sp³-hybridized carbons (Fsp3) is 0.857. The van der Waals surface area contributed by atoms with E-state index in [0.29, 0.717) is 38.6 Å². The maximum absolute atomic E-state index is 12.0. The van der Waals surface area contributed by atoms with E-state index in [9.17, 15) is 14.7 Å². The molecule has 1 atom stereocenters. The number of rotatable bonds is 4. The number of carboxylic acid groups (broad SMARTS) is 1. The Labute approximate surface area is 137 Å². The van der Waals surface area contributed by atoms with Crippen LogP contribution < -0.4 is 29.3 Å². The van der Waals surface area contributed by atoms with Crippen molar-refractivity contribution in [3.8, 4) is 0 Å². The number of nitrogens with zero attached hydrogens (tertiary/aromatic N) is 1. The van der Waals surface area contributed by atoms with Gasteiger partial charge in [0.25, 0.3) is 0 Å². The Morgan fingerprint density at radius 3 is 2.38 bits per heavy atom. The number of carbonyl (C=O) groups excluding carboxylic acids is 2. The van der Waals surface area contributed by atoms with E-state index in [1.807, 2.05) is 0 Å². The number of aliphatic carboxylic acids is 1. The van der Waals surface area contributed by atoms with Crippen LogP contribution in [-0.2, 0) is 9.53 Å². The molecule has 1 aliphatic carbocycles. The molecule has 0 radical (unpaired) electrons. The Hall–Kier alpha value is -0.703. The number of carboxylic acids is 1. The number of urea groups is 1. The Bertz CT molecular complexity index is 342. The molecular formula is C14H23LiN2O4. The van der Waals surface area contributed by atoms with Gasteiger partial charge in [-0.1, -0.05) is 32.1 Å². The van der Waals surface area contributed by atoms with E-state index >= 15 is 0 Å². The Morgan fingerprint density at radius 1 is 1.19 bits per heavy atom. The fourth-order valence-electron chi connectivity index (χ4n) is 2.98. The van der Waals surface area contributed by atoms with Crippen molar-refractivity contribution in [1.29, 1.82) is 0 Å². The first-order valence-corrected chi connectivity index (χ1v) is 7.51. The molecule has 0 aromatic rings. The average molecular weight is 290 g/mol. The zero-order chi connectivity index (χ0) is 14.4. The van der Waals surface area contributed by atoms with E-state index in [0.717, 1.165) is 25.7 Å². The van der Waals surface area contributed by atoms with Gasteiger partial charge in [0.2, 0.25) is 0 Å². The van der Waals surface area contributed by atoms with E-state index in [1.165, 1.54) is 6.42 Å². The molecule has 1 saturated carbocycles. The number of amides is 2. The van der Waals surface area contributed by atoms with Crippen molar-refractivity contribution in [3.05, 3.63) is 0 Å². The quantitative estimate of drug-likeness (QED) is 0.564. The molecule has 7 heteroatoms. The van der Waals surface area contributed by atoms with Crippen LogP contribution in [0.5, 0.6) is 0 Å². The van der Waals surface area contributed by atoms with Crippen LogP contribution in [0, 0.1) is 5.92 Å². The molecule has 1 saturated heterocycles. The van der Waals surface area contributed by atoms with Gasteiger partial charge in [-0.2, -0.15) is 0 Å². The number of morpholine rings is 1. The third kappa shape index (κ3) is 5.89. The molecule has 1 aliphatic heterocycles. The van der Waals surface area contributed by atoms with E-state index in [1.54, 1.807) is 4.90 Å². The summed E-state index contributed by atoms with van der Waals surface area (Å²) in [6.07, 6.45) is 6.13. The summed E-state index contributed by atoms with van der Waals surface area (Å²) in [7, 11) is 0. The third-order valence-corrected chi connectivity index (χ3v) is 4.17. The van der Waals surface area contributed by atoms with Crippen LogP contribution in [0.25, 0.3) is 0 Å². The van der Waals surface area contributed by atoms with Crippen LogP contribution in [-0.4, -0.2) is 49.2 Å². The first-order chi connectivity index (χ1) is 9.66. The van der Waals surface area contributed by atoms with Gasteiger partial charge in [-0.3, -0.25) is 0 Å². The van der Waals surface area contributed by atoms with Crippen molar-refractivity contribution in [3.63, 3.8) is 0 Å². The first kappa shape index (κ1) is 18.3. The minimum Gasteiger partial charge on any atom is -0.548 e. The normalized spacial score (nSPS) is 21.2. The molecule has 0 unspecified atom stereocenters. The summed E-state index contributed by atoms with van der Waals surface area (Å²) in [5.41, 5.74) is 0. The molecule has 0 bridgehead atoms. The van der Waals surface area contributed by atoms with Crippen molar-refractivity contribution >= 4 is 12.0 Å². The van der Waals surface area contributed by atoms with Crippen LogP contribution in [0.2, 0.25) is 0 Å². The third-order valence-electron chi connectivity index (χ3n) is 4.17. The molecule has 114 valence electrons. The zero-order valence-electron chi connectivity index (χ0n) is 12.8. The van der Waals surface area contributed by atoms with Crippen LogP contribution in [0.3, 0.4) is 0 Å². The van der Waals surface area contributed by atoms with Crippen molar-refractivity contribution in [1.82, 2.24) is 10.2 Å². The zero-order valence-corrected chi connectivity index (χ0v) is 12.8. The maximum Gasteiger partial charge on any atom is 1.00 e. The van der Waals surface area contributed by atoms with Gasteiger partial charge in [0.15, 0.2) is 0 Å². The molecule has 2 aliphatic rings. The van der Waals surface area contributed by atoms with Gasteiger partial charge in [-0.25, -0.2) is 4.79 Å². The molecule has 0 aromatic carbocycles. The second kappa shape index (κ2) is 9.34. The SMILES string of the molecule is O=C([O-])[C@H](CC1CCCCC1)NC(=O)N1CCOCC1.[Li+]. The van der Waals surface area contributed by atoms with E-state index < -0.39 is 12.0 Å². The van der Waals surface area contributed by atoms with Crippen molar-refractivity contribution in [2.45, 2.75) is 44.6 Å². The van der Waals surface area contributed by atoms with Crippen LogP contribution in [0.15, 0.2) is 0 Å². The van der Waals surface area contributed by atoms with Crippen molar-refractivity contribution in [2.75, 3.05) is 26.3 Å². The number of hydrogen-bond acceptors (Lipinski definition) is 4. The van der Waals surface area contributed by atoms with E-state index in [2.05, 4.69) is 5.32 Å². The minimum atomic E-state index is -1.18. The van der Waals surface area contributed by atoms with E-state index in [4.69, 9.17) is 4.74 Å². The number of hydrogen-bond donors (Lipinski definition) is 1. The van der Waals surface area contributed by atoms with Gasteiger partial charge in [0, 0.05) is 13.1 Å². The number of ether oxygens (including phenoxy) is 1. The second-order valence-electron chi connectivity index (χ2n) is 5.66. The molecule has 6 nitrogen and oxygen atoms in total. The topological polar surface area (TPSA) is 81.7 Å². The molecule has 2 rings (SSSR count). The van der Waals surface area contributed by atoms with Gasteiger partial charge in [-0.05, 0) is 12.3 Å². The van der Waals surface area contributed by atoms with Gasteiger partial charge in [0.05, 0.1) is 25.2 Å². The van der Waals surface area contributed by atoms with Gasteiger partial charge in [-0.15, -0.1) is 0 Å². The molecule has 2 fully saturated rings. The Balaban J connectivity index is 0.00000220. The van der Waals surface area contributed by atoms with Gasteiger partial charge >= 0.3 is 24.9 Å². The predicted octanol–water partition coefficient (Wildman–Crippen LogP) is -2.88. The smallest absolute Gasteiger partial charge is 0.548 e. The average Bonchev–Trinajstić information content (AvgIpc) is 2.48. The molecule has 1 N–H and O–H groups in total. The largest absolute Gasteiger partial charge is 1.00 e. The summed E-state index contributed by atoms with van der Waals surface area (Å²) in [6.45, 7) is 2.03. The molecular weight excluding hydrogens is 267 g/mol. The van der Waals surface area contributed by atoms with Crippen LogP contribution >= 0.6 is 0 Å². The monoisotopic (exact) mass is 290 g/mol. The summed E-state index contributed by atoms with van der Waals surface area (Å²) < 4.78 is 5.17. The Morgan fingerprint density at radius 2 is 1.81 bits per heavy atom. The van der Waals surface area contributed by atoms with E-state index in [-0.39, 0.29) is 24.9 Å². The molecule has 0 aromatic heterocycles. The van der Waals surface area contributed by atoms with Crippen molar-refractivity contribution < 1.29 is 38.3 Å². The molecule has 1 heterocycles. The fourth-order valence-corrected chi connectivity index (χ4v) is 2.98. The van der Waals surface area contributed by atoms with Gasteiger partial charge in [0.1, 0.15) is 0 Å². The second-order valence-corrected chi connectivity index (χ2v) is 5.66. The molecule has 21 heavy (non-hydrogen) atoms. The minimum absolute atomic E-state index is 0. The van der Waals surface area contributed by atoms with Crippen molar-refractivity contribution in [2.24, 2.45) is 5.92 Å². The Kier molecular flexibility index (Phi) is 8.16.